The second-order valence-electron chi connectivity index (χ2n) is 8.05. The Hall–Kier alpha value is -1.07. The predicted molar refractivity (Wildman–Crippen MR) is 106 cm³/mol. The van der Waals surface area contributed by atoms with Gasteiger partial charge in [-0.2, -0.15) is 0 Å². The van der Waals surface area contributed by atoms with Gasteiger partial charge < -0.3 is 15.4 Å². The minimum atomic E-state index is 0.151. The van der Waals surface area contributed by atoms with E-state index in [1.807, 2.05) is 13.1 Å². The first-order chi connectivity index (χ1) is 12.0. The van der Waals surface area contributed by atoms with E-state index in [1.165, 1.54) is 6.42 Å². The van der Waals surface area contributed by atoms with Crippen molar-refractivity contribution in [3.05, 3.63) is 12.7 Å². The van der Waals surface area contributed by atoms with Gasteiger partial charge in [-0.05, 0) is 25.7 Å². The van der Waals surface area contributed by atoms with E-state index in [1.54, 1.807) is 0 Å². The van der Waals surface area contributed by atoms with E-state index in [2.05, 4.69) is 47.9 Å². The normalized spacial score (nSPS) is 27.6. The number of hydrogen-bond donors (Lipinski definition) is 2. The Morgan fingerprint density at radius 1 is 1.32 bits per heavy atom. The van der Waals surface area contributed by atoms with Gasteiger partial charge in [0.05, 0.1) is 6.10 Å². The molecule has 0 aromatic rings. The number of hydrogen-bond acceptors (Lipinski definition) is 3. The second kappa shape index (κ2) is 9.58. The maximum Gasteiger partial charge on any atom is 0.191 e. The molecule has 0 aromatic carbocycles. The van der Waals surface area contributed by atoms with Crippen LogP contribution in [0.3, 0.4) is 0 Å². The molecule has 1 heterocycles. The Labute approximate surface area is 154 Å². The fourth-order valence-corrected chi connectivity index (χ4v) is 3.75. The molecule has 1 saturated heterocycles. The summed E-state index contributed by atoms with van der Waals surface area (Å²) in [6, 6.07) is 0.929. The summed E-state index contributed by atoms with van der Waals surface area (Å²) < 4.78 is 6.05. The highest BCUT2D eigenvalue weighted by atomic mass is 16.5. The van der Waals surface area contributed by atoms with Crippen LogP contribution in [0, 0.1) is 5.41 Å². The number of nitrogens with one attached hydrogen (secondary N) is 2. The molecule has 144 valence electrons. The molecule has 2 fully saturated rings. The Morgan fingerprint density at radius 3 is 2.60 bits per heavy atom. The van der Waals surface area contributed by atoms with E-state index in [4.69, 9.17) is 4.74 Å². The van der Waals surface area contributed by atoms with Crippen LogP contribution >= 0.6 is 0 Å². The number of rotatable bonds is 8. The molecule has 0 amide bonds. The molecule has 0 aromatic heterocycles. The van der Waals surface area contributed by atoms with Crippen molar-refractivity contribution in [1.82, 2.24) is 15.5 Å². The first-order valence-corrected chi connectivity index (χ1v) is 9.96. The third kappa shape index (κ3) is 5.45. The lowest BCUT2D eigenvalue weighted by Crippen LogP contribution is -2.64. The molecule has 1 aliphatic heterocycles. The highest BCUT2D eigenvalue weighted by Crippen LogP contribution is 2.42. The molecule has 2 unspecified atom stereocenters. The van der Waals surface area contributed by atoms with Gasteiger partial charge in [-0.1, -0.05) is 33.3 Å². The van der Waals surface area contributed by atoms with Crippen LogP contribution in [0.4, 0.5) is 0 Å². The maximum absolute atomic E-state index is 6.05. The van der Waals surface area contributed by atoms with Crippen molar-refractivity contribution in [1.29, 1.82) is 0 Å². The van der Waals surface area contributed by atoms with Crippen molar-refractivity contribution in [2.45, 2.75) is 71.1 Å². The van der Waals surface area contributed by atoms with Crippen LogP contribution in [-0.4, -0.2) is 62.3 Å². The SMILES string of the molecule is C=CCN1CCC(NC(=NC)NC2CC(OCCCC)C2(C)C)CC1. The van der Waals surface area contributed by atoms with E-state index in [9.17, 15) is 0 Å². The number of unbranched alkanes of at least 4 members (excludes halogenated alkanes) is 1. The molecular weight excluding hydrogens is 312 g/mol. The van der Waals surface area contributed by atoms with E-state index in [-0.39, 0.29) is 5.41 Å². The van der Waals surface area contributed by atoms with Crippen molar-refractivity contribution >= 4 is 5.96 Å². The van der Waals surface area contributed by atoms with Gasteiger partial charge in [0.25, 0.3) is 0 Å². The van der Waals surface area contributed by atoms with Crippen molar-refractivity contribution < 1.29 is 4.74 Å². The number of nitrogens with zero attached hydrogens (tertiary/aromatic N) is 2. The van der Waals surface area contributed by atoms with Crippen molar-refractivity contribution in [2.75, 3.05) is 33.3 Å². The summed E-state index contributed by atoms with van der Waals surface area (Å²) >= 11 is 0. The minimum Gasteiger partial charge on any atom is -0.378 e. The zero-order chi connectivity index (χ0) is 18.3. The zero-order valence-corrected chi connectivity index (χ0v) is 16.7. The summed E-state index contributed by atoms with van der Waals surface area (Å²) in [6.45, 7) is 14.8. The van der Waals surface area contributed by atoms with E-state index >= 15 is 0 Å². The van der Waals surface area contributed by atoms with Gasteiger partial charge in [-0.3, -0.25) is 9.89 Å². The van der Waals surface area contributed by atoms with E-state index in [0.29, 0.717) is 18.2 Å². The first-order valence-electron chi connectivity index (χ1n) is 9.96. The summed E-state index contributed by atoms with van der Waals surface area (Å²) in [4.78, 5) is 6.90. The standard InChI is InChI=1S/C20H38N4O/c1-6-8-14-25-18-15-17(20(18,3)4)23-19(21-5)22-16-9-12-24(11-7-2)13-10-16/h7,16-18H,2,6,8-15H2,1,3-5H3,(H2,21,22,23). The lowest BCUT2D eigenvalue weighted by molar-refractivity contribution is -0.113. The summed E-state index contributed by atoms with van der Waals surface area (Å²) in [7, 11) is 1.86. The van der Waals surface area contributed by atoms with Gasteiger partial charge in [0.15, 0.2) is 5.96 Å². The van der Waals surface area contributed by atoms with Crippen LogP contribution in [0.5, 0.6) is 0 Å². The third-order valence-electron chi connectivity index (χ3n) is 5.84. The van der Waals surface area contributed by atoms with Crippen LogP contribution in [-0.2, 0) is 4.74 Å². The largest absolute Gasteiger partial charge is 0.378 e. The molecule has 1 saturated carbocycles. The van der Waals surface area contributed by atoms with Gasteiger partial charge in [0.2, 0.25) is 0 Å². The van der Waals surface area contributed by atoms with Crippen LogP contribution in [0.2, 0.25) is 0 Å². The summed E-state index contributed by atoms with van der Waals surface area (Å²) in [5.74, 6) is 0.937. The molecule has 2 rings (SSSR count). The Morgan fingerprint density at radius 2 is 2.04 bits per heavy atom. The molecule has 1 aliphatic carbocycles. The van der Waals surface area contributed by atoms with Gasteiger partial charge >= 0.3 is 0 Å². The lowest BCUT2D eigenvalue weighted by Gasteiger charge is -2.52. The average Bonchev–Trinajstić information content (AvgIpc) is 2.61. The summed E-state index contributed by atoms with van der Waals surface area (Å²) in [6.07, 6.45) is 8.07. The second-order valence-corrected chi connectivity index (χ2v) is 8.05. The van der Waals surface area contributed by atoms with Crippen LogP contribution in [0.1, 0.15) is 52.9 Å². The predicted octanol–water partition coefficient (Wildman–Crippen LogP) is 2.79. The summed E-state index contributed by atoms with van der Waals surface area (Å²) in [5, 5.41) is 7.24. The van der Waals surface area contributed by atoms with Gasteiger partial charge in [0, 0.05) is 50.8 Å². The molecule has 2 aliphatic rings. The molecule has 5 nitrogen and oxygen atoms in total. The highest BCUT2D eigenvalue weighted by Gasteiger charge is 2.49. The van der Waals surface area contributed by atoms with E-state index in [0.717, 1.165) is 57.9 Å². The number of piperidine rings is 1. The van der Waals surface area contributed by atoms with Gasteiger partial charge in [-0.25, -0.2) is 0 Å². The first kappa shape index (κ1) is 20.2. The topological polar surface area (TPSA) is 48.9 Å². The summed E-state index contributed by atoms with van der Waals surface area (Å²) in [5.41, 5.74) is 0.151. The lowest BCUT2D eigenvalue weighted by atomic mass is 9.64. The Kier molecular flexibility index (Phi) is 7.76. The molecule has 0 bridgehead atoms. The average molecular weight is 351 g/mol. The maximum atomic E-state index is 6.05. The zero-order valence-electron chi connectivity index (χ0n) is 16.7. The molecule has 2 atom stereocenters. The Balaban J connectivity index is 1.75. The minimum absolute atomic E-state index is 0.151. The number of likely N-dealkylation sites (tertiary alicyclic amines) is 1. The van der Waals surface area contributed by atoms with Crippen LogP contribution in [0.25, 0.3) is 0 Å². The molecule has 0 radical (unpaired) electrons. The van der Waals surface area contributed by atoms with Gasteiger partial charge in [-0.15, -0.1) is 6.58 Å². The molecule has 25 heavy (non-hydrogen) atoms. The number of aliphatic imine (C=N–C) groups is 1. The fourth-order valence-electron chi connectivity index (χ4n) is 3.75. The number of guanidine groups is 1. The van der Waals surface area contributed by atoms with Crippen LogP contribution < -0.4 is 10.6 Å². The van der Waals surface area contributed by atoms with Crippen molar-refractivity contribution in [2.24, 2.45) is 10.4 Å². The fraction of sp³-hybridized carbons (Fsp3) is 0.850. The van der Waals surface area contributed by atoms with Gasteiger partial charge in [0.1, 0.15) is 0 Å². The Bertz CT molecular complexity index is 441. The third-order valence-corrected chi connectivity index (χ3v) is 5.84. The molecule has 0 spiro atoms. The molecular formula is C20H38N4O. The van der Waals surface area contributed by atoms with Crippen molar-refractivity contribution in [3.63, 3.8) is 0 Å². The van der Waals surface area contributed by atoms with E-state index < -0.39 is 0 Å². The molecule has 5 heteroatoms. The number of ether oxygens (including phenoxy) is 1. The van der Waals surface area contributed by atoms with Crippen LogP contribution in [0.15, 0.2) is 17.6 Å². The molecule has 2 N–H and O–H groups in total. The highest BCUT2D eigenvalue weighted by molar-refractivity contribution is 5.80. The monoisotopic (exact) mass is 350 g/mol. The quantitative estimate of drug-likeness (QED) is 0.306. The van der Waals surface area contributed by atoms with Crippen molar-refractivity contribution in [3.8, 4) is 0 Å². The smallest absolute Gasteiger partial charge is 0.191 e.